The average Bonchev–Trinajstić information content (AvgIpc) is 2.90. The summed E-state index contributed by atoms with van der Waals surface area (Å²) in [7, 11) is 4.25. The van der Waals surface area contributed by atoms with Gasteiger partial charge in [-0.1, -0.05) is 129 Å². The lowest BCUT2D eigenvalue weighted by Crippen LogP contribution is -2.32. The van der Waals surface area contributed by atoms with Crippen LogP contribution in [-0.2, 0) is 9.47 Å². The highest BCUT2D eigenvalue weighted by atomic mass is 16.5. The lowest BCUT2D eigenvalue weighted by molar-refractivity contribution is -0.0287. The maximum atomic E-state index is 6.21. The van der Waals surface area contributed by atoms with E-state index < -0.39 is 0 Å². The van der Waals surface area contributed by atoms with Gasteiger partial charge in [0.25, 0.3) is 0 Å². The Hall–Kier alpha value is -0.640. The van der Waals surface area contributed by atoms with Crippen LogP contribution < -0.4 is 0 Å². The number of allylic oxidation sites excluding steroid dienone is 4. The van der Waals surface area contributed by atoms with Crippen LogP contribution >= 0.6 is 0 Å². The SMILES string of the molecule is CCCCC/C=C\C/C=C\CCCCCCCCOC(COCCCCCCCCC(C)(C)CCC)CN(C)C. The van der Waals surface area contributed by atoms with Crippen molar-refractivity contribution in [2.45, 2.75) is 169 Å². The fourth-order valence-corrected chi connectivity index (χ4v) is 5.43. The molecule has 1 atom stereocenters. The molecular formula is C37H73NO2. The third-order valence-electron chi connectivity index (χ3n) is 7.89. The van der Waals surface area contributed by atoms with Gasteiger partial charge in [-0.25, -0.2) is 0 Å². The molecule has 3 nitrogen and oxygen atoms in total. The van der Waals surface area contributed by atoms with Crippen molar-refractivity contribution < 1.29 is 9.47 Å². The third-order valence-corrected chi connectivity index (χ3v) is 7.89. The molecule has 1 unspecified atom stereocenters. The van der Waals surface area contributed by atoms with E-state index in [1.54, 1.807) is 0 Å². The first kappa shape index (κ1) is 39.4. The van der Waals surface area contributed by atoms with Crippen molar-refractivity contribution in [3.8, 4) is 0 Å². The van der Waals surface area contributed by atoms with Crippen LogP contribution in [0.5, 0.6) is 0 Å². The molecule has 0 radical (unpaired) electrons. The van der Waals surface area contributed by atoms with E-state index in [4.69, 9.17) is 9.47 Å². The molecule has 0 saturated heterocycles. The fraction of sp³-hybridized carbons (Fsp3) is 0.892. The van der Waals surface area contributed by atoms with Gasteiger partial charge in [0.05, 0.1) is 12.7 Å². The van der Waals surface area contributed by atoms with E-state index in [1.807, 2.05) is 0 Å². The van der Waals surface area contributed by atoms with Crippen LogP contribution in [0, 0.1) is 5.41 Å². The van der Waals surface area contributed by atoms with E-state index >= 15 is 0 Å². The average molecular weight is 564 g/mol. The predicted molar refractivity (Wildman–Crippen MR) is 179 cm³/mol. The Labute approximate surface area is 252 Å². The molecule has 0 aliphatic carbocycles. The number of hydrogen-bond acceptors (Lipinski definition) is 3. The van der Waals surface area contributed by atoms with Gasteiger partial charge in [-0.2, -0.15) is 0 Å². The summed E-state index contributed by atoms with van der Waals surface area (Å²) in [5.74, 6) is 0. The quantitative estimate of drug-likeness (QED) is 0.0618. The molecule has 0 aromatic rings. The minimum absolute atomic E-state index is 0.194. The summed E-state index contributed by atoms with van der Waals surface area (Å²) < 4.78 is 12.2. The molecule has 0 rings (SSSR count). The van der Waals surface area contributed by atoms with Crippen LogP contribution in [-0.4, -0.2) is 51.5 Å². The first-order valence-electron chi connectivity index (χ1n) is 17.5. The summed E-state index contributed by atoms with van der Waals surface area (Å²) in [4.78, 5) is 2.22. The predicted octanol–water partition coefficient (Wildman–Crippen LogP) is 11.3. The molecule has 0 aromatic carbocycles. The zero-order valence-electron chi connectivity index (χ0n) is 28.3. The number of hydrogen-bond donors (Lipinski definition) is 0. The van der Waals surface area contributed by atoms with E-state index in [9.17, 15) is 0 Å². The topological polar surface area (TPSA) is 21.7 Å². The summed E-state index contributed by atoms with van der Waals surface area (Å²) in [6.45, 7) is 12.8. The molecule has 0 saturated carbocycles. The zero-order valence-corrected chi connectivity index (χ0v) is 28.3. The molecule has 0 amide bonds. The van der Waals surface area contributed by atoms with Gasteiger partial charge in [0, 0.05) is 19.8 Å². The van der Waals surface area contributed by atoms with Gasteiger partial charge in [-0.15, -0.1) is 0 Å². The van der Waals surface area contributed by atoms with E-state index in [0.29, 0.717) is 5.41 Å². The number of ether oxygens (including phenoxy) is 2. The standard InChI is InChI=1S/C37H73NO2/c1-7-9-10-11-12-13-14-15-16-17-18-19-20-22-26-29-33-40-36(34-38(5)6)35-39-32-28-25-23-21-24-27-31-37(3,4)30-8-2/h12-13,15-16,36H,7-11,14,17-35H2,1-6H3/b13-12-,16-15-. The smallest absolute Gasteiger partial charge is 0.0934 e. The largest absolute Gasteiger partial charge is 0.379 e. The monoisotopic (exact) mass is 564 g/mol. The lowest BCUT2D eigenvalue weighted by Gasteiger charge is -2.23. The van der Waals surface area contributed by atoms with Crippen molar-refractivity contribution in [2.75, 3.05) is 40.5 Å². The second kappa shape index (κ2) is 29.8. The summed E-state index contributed by atoms with van der Waals surface area (Å²) in [5.41, 5.74) is 0.538. The molecule has 0 bridgehead atoms. The van der Waals surface area contributed by atoms with Gasteiger partial charge in [-0.3, -0.25) is 0 Å². The molecule has 3 heteroatoms. The molecule has 40 heavy (non-hydrogen) atoms. The van der Waals surface area contributed by atoms with Gasteiger partial charge in [0.2, 0.25) is 0 Å². The van der Waals surface area contributed by atoms with Gasteiger partial charge < -0.3 is 14.4 Å². The fourth-order valence-electron chi connectivity index (χ4n) is 5.43. The Morgan fingerprint density at radius 2 is 1.15 bits per heavy atom. The van der Waals surface area contributed by atoms with E-state index in [0.717, 1.165) is 32.8 Å². The second-order valence-electron chi connectivity index (χ2n) is 13.2. The number of unbranched alkanes of at least 4 members (excludes halogenated alkanes) is 14. The summed E-state index contributed by atoms with van der Waals surface area (Å²) in [6, 6.07) is 0. The first-order valence-corrected chi connectivity index (χ1v) is 17.5. The van der Waals surface area contributed by atoms with Crippen molar-refractivity contribution in [2.24, 2.45) is 5.41 Å². The van der Waals surface area contributed by atoms with Crippen molar-refractivity contribution >= 4 is 0 Å². The van der Waals surface area contributed by atoms with Gasteiger partial charge >= 0.3 is 0 Å². The Morgan fingerprint density at radius 1 is 0.600 bits per heavy atom. The number of rotatable bonds is 31. The first-order chi connectivity index (χ1) is 19.4. The Bertz CT molecular complexity index is 554. The van der Waals surface area contributed by atoms with E-state index in [2.05, 4.69) is 71.0 Å². The molecule has 238 valence electrons. The zero-order chi connectivity index (χ0) is 29.6. The van der Waals surface area contributed by atoms with Crippen molar-refractivity contribution in [1.82, 2.24) is 4.90 Å². The molecule has 0 aliphatic rings. The maximum absolute atomic E-state index is 6.21. The normalized spacial score (nSPS) is 13.4. The van der Waals surface area contributed by atoms with Crippen LogP contribution in [0.1, 0.15) is 163 Å². The van der Waals surface area contributed by atoms with Crippen LogP contribution in [0.2, 0.25) is 0 Å². The van der Waals surface area contributed by atoms with Crippen LogP contribution in [0.4, 0.5) is 0 Å². The molecule has 0 aromatic heterocycles. The van der Waals surface area contributed by atoms with E-state index in [-0.39, 0.29) is 6.10 Å². The van der Waals surface area contributed by atoms with Crippen molar-refractivity contribution in [1.29, 1.82) is 0 Å². The molecule has 0 spiro atoms. The third kappa shape index (κ3) is 30.3. The minimum Gasteiger partial charge on any atom is -0.379 e. The van der Waals surface area contributed by atoms with Gasteiger partial charge in [0.1, 0.15) is 0 Å². The van der Waals surface area contributed by atoms with Gasteiger partial charge in [0.15, 0.2) is 0 Å². The summed E-state index contributed by atoms with van der Waals surface area (Å²) in [6.07, 6.45) is 37.0. The highest BCUT2D eigenvalue weighted by Gasteiger charge is 2.15. The number of nitrogens with zero attached hydrogens (tertiary/aromatic N) is 1. The van der Waals surface area contributed by atoms with E-state index in [1.165, 1.54) is 128 Å². The Kier molecular flexibility index (Phi) is 29.4. The second-order valence-corrected chi connectivity index (χ2v) is 13.2. The molecule has 0 heterocycles. The minimum atomic E-state index is 0.194. The summed E-state index contributed by atoms with van der Waals surface area (Å²) in [5, 5.41) is 0. The highest BCUT2D eigenvalue weighted by molar-refractivity contribution is 4.92. The molecule has 0 N–H and O–H groups in total. The molecular weight excluding hydrogens is 490 g/mol. The molecule has 0 fully saturated rings. The van der Waals surface area contributed by atoms with Crippen molar-refractivity contribution in [3.05, 3.63) is 24.3 Å². The van der Waals surface area contributed by atoms with Crippen LogP contribution in [0.15, 0.2) is 24.3 Å². The van der Waals surface area contributed by atoms with Crippen LogP contribution in [0.3, 0.4) is 0 Å². The lowest BCUT2D eigenvalue weighted by atomic mass is 9.83. The highest BCUT2D eigenvalue weighted by Crippen LogP contribution is 2.29. The molecule has 0 aliphatic heterocycles. The summed E-state index contributed by atoms with van der Waals surface area (Å²) >= 11 is 0. The maximum Gasteiger partial charge on any atom is 0.0934 e. The van der Waals surface area contributed by atoms with Gasteiger partial charge in [-0.05, 0) is 77.3 Å². The number of likely N-dealkylation sites (N-methyl/N-ethyl adjacent to an activating group) is 1. The Balaban J connectivity index is 3.63. The van der Waals surface area contributed by atoms with Crippen LogP contribution in [0.25, 0.3) is 0 Å². The Morgan fingerprint density at radius 3 is 1.75 bits per heavy atom. The van der Waals surface area contributed by atoms with Crippen molar-refractivity contribution in [3.63, 3.8) is 0 Å².